The summed E-state index contributed by atoms with van der Waals surface area (Å²) in [5.41, 5.74) is -3.94. The topological polar surface area (TPSA) is 125 Å². The molecular weight excluding hydrogens is 218 g/mol. The minimum atomic E-state index is -3.51. The normalized spacial score (nSPS) is 10.8. The van der Waals surface area contributed by atoms with Gasteiger partial charge in [-0.05, 0) is 12.1 Å². The Balaban J connectivity index is 3.22. The van der Waals surface area contributed by atoms with E-state index in [1.54, 1.807) is 0 Å². The van der Waals surface area contributed by atoms with Crippen molar-refractivity contribution < 1.29 is 29.7 Å². The minimum absolute atomic E-state index is 0.435. The van der Waals surface area contributed by atoms with Crippen LogP contribution in [0, 0.1) is 0 Å². The Kier molecular flexibility index (Phi) is 3.00. The summed E-state index contributed by atoms with van der Waals surface area (Å²) in [6.07, 6.45) is 1.18. The summed E-state index contributed by atoms with van der Waals surface area (Å²) in [6.45, 7) is 0. The van der Waals surface area contributed by atoms with Crippen LogP contribution in [0.3, 0.4) is 0 Å². The summed E-state index contributed by atoms with van der Waals surface area (Å²) < 4.78 is 0. The fraction of sp³-hybridized carbons (Fsp3) is 0.111. The van der Waals surface area contributed by atoms with Gasteiger partial charge in [-0.15, -0.1) is 0 Å². The van der Waals surface area contributed by atoms with E-state index in [4.69, 9.17) is 10.2 Å². The molecule has 0 fully saturated rings. The van der Waals surface area contributed by atoms with E-state index in [9.17, 15) is 19.5 Å². The van der Waals surface area contributed by atoms with Crippen molar-refractivity contribution in [3.8, 4) is 0 Å². The highest BCUT2D eigenvalue weighted by Gasteiger charge is 2.53. The Bertz CT molecular complexity index is 427. The lowest BCUT2D eigenvalue weighted by atomic mass is 9.96. The minimum Gasteiger partial charge on any atom is -0.478 e. The van der Waals surface area contributed by atoms with Gasteiger partial charge in [0.05, 0.1) is 0 Å². The molecule has 0 spiro atoms. The summed E-state index contributed by atoms with van der Waals surface area (Å²) in [5.74, 6) is -5.81. The number of aromatic nitrogens is 1. The van der Waals surface area contributed by atoms with Gasteiger partial charge >= 0.3 is 17.5 Å². The van der Waals surface area contributed by atoms with Crippen LogP contribution in [0.15, 0.2) is 24.4 Å². The molecular formula is C9H7NO6. The van der Waals surface area contributed by atoms with Crippen molar-refractivity contribution in [2.45, 2.75) is 5.60 Å². The van der Waals surface area contributed by atoms with Crippen LogP contribution in [0.2, 0.25) is 0 Å². The number of hydrogen-bond acceptors (Lipinski definition) is 5. The van der Waals surface area contributed by atoms with E-state index in [0.717, 1.165) is 6.07 Å². The Morgan fingerprint density at radius 3 is 2.06 bits per heavy atom. The van der Waals surface area contributed by atoms with Gasteiger partial charge in [-0.3, -0.25) is 9.78 Å². The van der Waals surface area contributed by atoms with Gasteiger partial charge in [0.25, 0.3) is 0 Å². The number of carbonyl (C=O) groups excluding carboxylic acids is 1. The SMILES string of the molecule is O=C(O)C(O)(C(=O)O)C(=O)c1ccccn1. The Morgan fingerprint density at radius 2 is 1.69 bits per heavy atom. The van der Waals surface area contributed by atoms with E-state index in [1.165, 1.54) is 18.3 Å². The molecule has 0 atom stereocenters. The second-order valence-electron chi connectivity index (χ2n) is 2.86. The molecule has 0 amide bonds. The van der Waals surface area contributed by atoms with E-state index < -0.39 is 29.0 Å². The largest absolute Gasteiger partial charge is 0.478 e. The first-order chi connectivity index (χ1) is 7.40. The van der Waals surface area contributed by atoms with Crippen LogP contribution >= 0.6 is 0 Å². The number of ketones is 1. The third-order valence-corrected chi connectivity index (χ3v) is 1.85. The average molecular weight is 225 g/mol. The highest BCUT2D eigenvalue weighted by molar-refractivity contribution is 6.27. The summed E-state index contributed by atoms with van der Waals surface area (Å²) in [4.78, 5) is 36.1. The van der Waals surface area contributed by atoms with Crippen molar-refractivity contribution in [2.24, 2.45) is 0 Å². The standard InChI is InChI=1S/C9H7NO6/c11-6(5-3-1-2-4-10-5)9(16,7(12)13)8(14)15/h1-4,16H,(H,12,13)(H,14,15). The molecule has 1 aromatic rings. The molecule has 0 radical (unpaired) electrons. The van der Waals surface area contributed by atoms with E-state index in [0.29, 0.717) is 0 Å². The molecule has 0 bridgehead atoms. The van der Waals surface area contributed by atoms with Crippen LogP contribution in [0.1, 0.15) is 10.5 Å². The molecule has 3 N–H and O–H groups in total. The summed E-state index contributed by atoms with van der Waals surface area (Å²) in [6, 6.07) is 3.93. The maximum Gasteiger partial charge on any atom is 0.356 e. The van der Waals surface area contributed by atoms with Crippen molar-refractivity contribution in [3.63, 3.8) is 0 Å². The number of carbonyl (C=O) groups is 3. The predicted molar refractivity (Wildman–Crippen MR) is 48.8 cm³/mol. The van der Waals surface area contributed by atoms with Crippen LogP contribution < -0.4 is 0 Å². The van der Waals surface area contributed by atoms with Crippen molar-refractivity contribution in [2.75, 3.05) is 0 Å². The summed E-state index contributed by atoms with van der Waals surface area (Å²) in [7, 11) is 0. The number of carboxylic acid groups (broad SMARTS) is 2. The molecule has 0 aromatic carbocycles. The fourth-order valence-corrected chi connectivity index (χ4v) is 0.968. The van der Waals surface area contributed by atoms with Gasteiger partial charge in [-0.1, -0.05) is 6.07 Å². The fourth-order valence-electron chi connectivity index (χ4n) is 0.968. The third kappa shape index (κ3) is 1.75. The molecule has 16 heavy (non-hydrogen) atoms. The monoisotopic (exact) mass is 225 g/mol. The van der Waals surface area contributed by atoms with Crippen molar-refractivity contribution in [3.05, 3.63) is 30.1 Å². The zero-order chi connectivity index (χ0) is 12.3. The highest BCUT2D eigenvalue weighted by Crippen LogP contribution is 2.13. The number of nitrogens with zero attached hydrogens (tertiary/aromatic N) is 1. The van der Waals surface area contributed by atoms with Gasteiger partial charge in [-0.2, -0.15) is 0 Å². The van der Waals surface area contributed by atoms with Crippen LogP contribution in [0.4, 0.5) is 0 Å². The van der Waals surface area contributed by atoms with E-state index in [1.807, 2.05) is 0 Å². The molecule has 0 aliphatic carbocycles. The predicted octanol–water partition coefficient (Wildman–Crippen LogP) is -0.835. The molecule has 0 aliphatic heterocycles. The van der Waals surface area contributed by atoms with Gasteiger partial charge in [0.2, 0.25) is 5.78 Å². The molecule has 1 aromatic heterocycles. The first kappa shape index (κ1) is 11.8. The zero-order valence-electron chi connectivity index (χ0n) is 7.82. The van der Waals surface area contributed by atoms with Gasteiger partial charge in [0, 0.05) is 6.20 Å². The van der Waals surface area contributed by atoms with E-state index >= 15 is 0 Å². The van der Waals surface area contributed by atoms with Gasteiger partial charge < -0.3 is 15.3 Å². The number of aliphatic carboxylic acids is 2. The second-order valence-corrected chi connectivity index (χ2v) is 2.86. The lowest BCUT2D eigenvalue weighted by Gasteiger charge is -2.15. The first-order valence-corrected chi connectivity index (χ1v) is 4.05. The third-order valence-electron chi connectivity index (χ3n) is 1.85. The maximum absolute atomic E-state index is 11.5. The highest BCUT2D eigenvalue weighted by atomic mass is 16.5. The molecule has 7 nitrogen and oxygen atoms in total. The van der Waals surface area contributed by atoms with E-state index in [-0.39, 0.29) is 0 Å². The summed E-state index contributed by atoms with van der Waals surface area (Å²) in [5, 5.41) is 26.4. The van der Waals surface area contributed by atoms with Crippen molar-refractivity contribution in [1.29, 1.82) is 0 Å². The zero-order valence-corrected chi connectivity index (χ0v) is 7.82. The van der Waals surface area contributed by atoms with Crippen molar-refractivity contribution in [1.82, 2.24) is 4.98 Å². The maximum atomic E-state index is 11.5. The molecule has 0 saturated heterocycles. The molecule has 0 aliphatic rings. The molecule has 0 unspecified atom stereocenters. The molecule has 1 heterocycles. The van der Waals surface area contributed by atoms with Gasteiger partial charge in [-0.25, -0.2) is 9.59 Å². The number of carboxylic acids is 2. The molecule has 84 valence electrons. The smallest absolute Gasteiger partial charge is 0.356 e. The Hall–Kier alpha value is -2.28. The molecule has 7 heteroatoms. The summed E-state index contributed by atoms with van der Waals surface area (Å²) >= 11 is 0. The van der Waals surface area contributed by atoms with Crippen molar-refractivity contribution >= 4 is 17.7 Å². The number of hydrogen-bond donors (Lipinski definition) is 3. The first-order valence-electron chi connectivity index (χ1n) is 4.05. The Morgan fingerprint density at radius 1 is 1.12 bits per heavy atom. The van der Waals surface area contributed by atoms with Gasteiger partial charge in [0.1, 0.15) is 5.69 Å². The van der Waals surface area contributed by atoms with Crippen LogP contribution in [0.25, 0.3) is 0 Å². The Labute approximate surface area is 89.0 Å². The number of rotatable bonds is 4. The van der Waals surface area contributed by atoms with Crippen LogP contribution in [-0.4, -0.2) is 43.6 Å². The van der Waals surface area contributed by atoms with Crippen LogP contribution in [0.5, 0.6) is 0 Å². The molecule has 0 saturated carbocycles. The quantitative estimate of drug-likeness (QED) is 0.450. The second kappa shape index (κ2) is 4.07. The van der Waals surface area contributed by atoms with E-state index in [2.05, 4.69) is 4.98 Å². The average Bonchev–Trinajstić information content (AvgIpc) is 2.27. The number of pyridine rings is 1. The molecule has 1 rings (SSSR count). The number of Topliss-reactive ketones (excluding diaryl/α,β-unsaturated/α-hetero) is 1. The number of aliphatic hydroxyl groups is 1. The lowest BCUT2D eigenvalue weighted by molar-refractivity contribution is -0.169. The van der Waals surface area contributed by atoms with Crippen LogP contribution in [-0.2, 0) is 9.59 Å². The lowest BCUT2D eigenvalue weighted by Crippen LogP contribution is -2.53. The van der Waals surface area contributed by atoms with Gasteiger partial charge in [0.15, 0.2) is 0 Å².